The second kappa shape index (κ2) is 8.48. The Morgan fingerprint density at radius 2 is 1.84 bits per heavy atom. The second-order valence-corrected chi connectivity index (χ2v) is 7.61. The zero-order valence-corrected chi connectivity index (χ0v) is 17.3. The van der Waals surface area contributed by atoms with Crippen molar-refractivity contribution in [2.45, 2.75) is 39.1 Å². The highest BCUT2D eigenvalue weighted by molar-refractivity contribution is 6.08. The fraction of sp³-hybridized carbons (Fsp3) is 0.333. The third-order valence-electron chi connectivity index (χ3n) is 5.01. The molecule has 0 saturated carbocycles. The summed E-state index contributed by atoms with van der Waals surface area (Å²) in [5.74, 6) is -1.73. The van der Waals surface area contributed by atoms with Gasteiger partial charge in [-0.1, -0.05) is 26.0 Å². The fourth-order valence-corrected chi connectivity index (χ4v) is 3.37. The molecule has 0 radical (unpaired) electrons. The molecule has 170 valence electrons. The number of nitro benzene ring substituents is 1. The SMILES string of the molecule is CC(C)C1Oc2cc([N+](=O)[O-])ccc2N(C(C)C(=O)Nc2ccccc2C(F)(F)F)C1=O. The van der Waals surface area contributed by atoms with E-state index in [2.05, 4.69) is 5.32 Å². The summed E-state index contributed by atoms with van der Waals surface area (Å²) in [6, 6.07) is 6.84. The first-order chi connectivity index (χ1) is 14.9. The lowest BCUT2D eigenvalue weighted by atomic mass is 10.0. The Hall–Kier alpha value is -3.63. The van der Waals surface area contributed by atoms with Crippen LogP contribution in [-0.4, -0.2) is 28.9 Å². The number of carbonyl (C=O) groups is 2. The molecule has 0 aliphatic carbocycles. The Morgan fingerprint density at radius 3 is 2.44 bits per heavy atom. The van der Waals surface area contributed by atoms with Crippen molar-refractivity contribution in [2.24, 2.45) is 5.92 Å². The van der Waals surface area contributed by atoms with Crippen LogP contribution < -0.4 is 15.0 Å². The first-order valence-corrected chi connectivity index (χ1v) is 9.67. The van der Waals surface area contributed by atoms with Gasteiger partial charge in [0.1, 0.15) is 6.04 Å². The molecular weight excluding hydrogens is 431 g/mol. The molecule has 2 amide bonds. The summed E-state index contributed by atoms with van der Waals surface area (Å²) in [7, 11) is 0. The molecule has 2 unspecified atom stereocenters. The minimum Gasteiger partial charge on any atom is -0.478 e. The van der Waals surface area contributed by atoms with Gasteiger partial charge in [0.2, 0.25) is 5.91 Å². The van der Waals surface area contributed by atoms with Crippen LogP contribution in [-0.2, 0) is 15.8 Å². The number of benzene rings is 2. The maximum absolute atomic E-state index is 13.3. The van der Waals surface area contributed by atoms with E-state index in [1.54, 1.807) is 13.8 Å². The molecule has 2 aromatic rings. The summed E-state index contributed by atoms with van der Waals surface area (Å²) in [5, 5.41) is 13.4. The highest BCUT2D eigenvalue weighted by atomic mass is 19.4. The van der Waals surface area contributed by atoms with E-state index in [9.17, 15) is 32.9 Å². The number of fused-ring (bicyclic) bond motifs is 1. The number of amides is 2. The molecular formula is C21H20F3N3O5. The van der Waals surface area contributed by atoms with Crippen LogP contribution in [0.15, 0.2) is 42.5 Å². The molecule has 2 atom stereocenters. The fourth-order valence-electron chi connectivity index (χ4n) is 3.37. The molecule has 2 aromatic carbocycles. The Labute approximate surface area is 181 Å². The monoisotopic (exact) mass is 451 g/mol. The van der Waals surface area contributed by atoms with Crippen LogP contribution in [0.1, 0.15) is 26.3 Å². The second-order valence-electron chi connectivity index (χ2n) is 7.61. The van der Waals surface area contributed by atoms with E-state index in [0.717, 1.165) is 29.2 Å². The summed E-state index contributed by atoms with van der Waals surface area (Å²) in [5.41, 5.74) is -1.62. The summed E-state index contributed by atoms with van der Waals surface area (Å²) >= 11 is 0. The summed E-state index contributed by atoms with van der Waals surface area (Å²) in [6.45, 7) is 4.76. The first-order valence-electron chi connectivity index (χ1n) is 9.67. The molecule has 1 heterocycles. The molecule has 1 aliphatic rings. The number of non-ortho nitro benzene ring substituents is 1. The Morgan fingerprint density at radius 1 is 1.19 bits per heavy atom. The summed E-state index contributed by atoms with van der Waals surface area (Å²) in [6.07, 6.45) is -5.71. The minimum atomic E-state index is -4.68. The quantitative estimate of drug-likeness (QED) is 0.537. The number of hydrogen-bond acceptors (Lipinski definition) is 5. The van der Waals surface area contributed by atoms with Crippen molar-refractivity contribution < 1.29 is 32.4 Å². The van der Waals surface area contributed by atoms with Crippen molar-refractivity contribution in [3.63, 3.8) is 0 Å². The molecule has 8 nitrogen and oxygen atoms in total. The molecule has 0 fully saturated rings. The van der Waals surface area contributed by atoms with E-state index in [-0.39, 0.29) is 23.0 Å². The third kappa shape index (κ3) is 4.36. The van der Waals surface area contributed by atoms with Gasteiger partial charge in [0, 0.05) is 6.07 Å². The largest absolute Gasteiger partial charge is 0.478 e. The van der Waals surface area contributed by atoms with Crippen LogP contribution in [0.5, 0.6) is 5.75 Å². The van der Waals surface area contributed by atoms with E-state index in [1.165, 1.54) is 25.1 Å². The van der Waals surface area contributed by atoms with Crippen LogP contribution in [0.2, 0.25) is 0 Å². The van der Waals surface area contributed by atoms with E-state index in [4.69, 9.17) is 4.74 Å². The number of nitrogens with one attached hydrogen (secondary N) is 1. The average Bonchev–Trinajstić information content (AvgIpc) is 2.71. The summed E-state index contributed by atoms with van der Waals surface area (Å²) in [4.78, 5) is 37.5. The van der Waals surface area contributed by atoms with Crippen molar-refractivity contribution >= 4 is 28.9 Å². The van der Waals surface area contributed by atoms with E-state index < -0.39 is 46.3 Å². The number of anilines is 2. The first kappa shape index (κ1) is 23.0. The smallest absolute Gasteiger partial charge is 0.418 e. The maximum atomic E-state index is 13.3. The lowest BCUT2D eigenvalue weighted by molar-refractivity contribution is -0.384. The standard InChI is InChI=1S/C21H20F3N3O5/c1-11(2)18-20(29)26(16-9-8-13(27(30)31)10-17(16)32-18)12(3)19(28)25-15-7-5-4-6-14(15)21(22,23)24/h4-12,18H,1-3H3,(H,25,28). The predicted octanol–water partition coefficient (Wildman–Crippen LogP) is 4.39. The Balaban J connectivity index is 1.98. The van der Waals surface area contributed by atoms with Gasteiger partial charge in [-0.25, -0.2) is 0 Å². The van der Waals surface area contributed by atoms with Crippen LogP contribution in [0, 0.1) is 16.0 Å². The number of rotatable bonds is 5. The van der Waals surface area contributed by atoms with E-state index >= 15 is 0 Å². The van der Waals surface area contributed by atoms with Gasteiger partial charge in [0.05, 0.1) is 27.9 Å². The van der Waals surface area contributed by atoms with Crippen molar-refractivity contribution in [2.75, 3.05) is 10.2 Å². The zero-order chi connectivity index (χ0) is 23.8. The highest BCUT2D eigenvalue weighted by Crippen LogP contribution is 2.40. The van der Waals surface area contributed by atoms with Crippen LogP contribution in [0.3, 0.4) is 0 Å². The Bertz CT molecular complexity index is 1070. The molecule has 32 heavy (non-hydrogen) atoms. The molecule has 0 saturated heterocycles. The van der Waals surface area contributed by atoms with Crippen LogP contribution in [0.4, 0.5) is 30.2 Å². The van der Waals surface area contributed by atoms with E-state index in [1.807, 2.05) is 0 Å². The van der Waals surface area contributed by atoms with Gasteiger partial charge in [0.15, 0.2) is 11.9 Å². The molecule has 11 heteroatoms. The lowest BCUT2D eigenvalue weighted by Crippen LogP contribution is -2.55. The minimum absolute atomic E-state index is 0.0350. The lowest BCUT2D eigenvalue weighted by Gasteiger charge is -2.38. The Kier molecular flexibility index (Phi) is 6.11. The predicted molar refractivity (Wildman–Crippen MR) is 109 cm³/mol. The van der Waals surface area contributed by atoms with Crippen molar-refractivity contribution in [1.82, 2.24) is 0 Å². The van der Waals surface area contributed by atoms with Gasteiger partial charge in [-0.15, -0.1) is 0 Å². The van der Waals surface area contributed by atoms with Gasteiger partial charge >= 0.3 is 6.18 Å². The molecule has 0 bridgehead atoms. The molecule has 0 aromatic heterocycles. The van der Waals surface area contributed by atoms with Gasteiger partial charge in [-0.05, 0) is 31.0 Å². The number of para-hydroxylation sites is 1. The average molecular weight is 451 g/mol. The molecule has 3 rings (SSSR count). The van der Waals surface area contributed by atoms with Crippen molar-refractivity contribution in [3.05, 3.63) is 58.1 Å². The normalized spacial score (nSPS) is 16.9. The molecule has 1 N–H and O–H groups in total. The topological polar surface area (TPSA) is 102 Å². The summed E-state index contributed by atoms with van der Waals surface area (Å²) < 4.78 is 45.5. The highest BCUT2D eigenvalue weighted by Gasteiger charge is 2.42. The number of nitro groups is 1. The zero-order valence-electron chi connectivity index (χ0n) is 17.3. The van der Waals surface area contributed by atoms with Gasteiger partial charge < -0.3 is 10.1 Å². The number of ether oxygens (including phenoxy) is 1. The van der Waals surface area contributed by atoms with Gasteiger partial charge in [-0.2, -0.15) is 13.2 Å². The van der Waals surface area contributed by atoms with Gasteiger partial charge in [-0.3, -0.25) is 24.6 Å². The maximum Gasteiger partial charge on any atom is 0.418 e. The number of nitrogens with zero attached hydrogens (tertiary/aromatic N) is 2. The van der Waals surface area contributed by atoms with E-state index in [0.29, 0.717) is 0 Å². The van der Waals surface area contributed by atoms with Gasteiger partial charge in [0.25, 0.3) is 11.6 Å². The number of hydrogen-bond donors (Lipinski definition) is 1. The number of carbonyl (C=O) groups excluding carboxylic acids is 2. The van der Waals surface area contributed by atoms with Crippen molar-refractivity contribution in [3.8, 4) is 5.75 Å². The number of alkyl halides is 3. The van der Waals surface area contributed by atoms with Crippen molar-refractivity contribution in [1.29, 1.82) is 0 Å². The van der Waals surface area contributed by atoms with Crippen LogP contribution in [0.25, 0.3) is 0 Å². The van der Waals surface area contributed by atoms with Crippen LogP contribution >= 0.6 is 0 Å². The molecule has 1 aliphatic heterocycles. The third-order valence-corrected chi connectivity index (χ3v) is 5.01. The number of halogens is 3. The molecule has 0 spiro atoms.